The zero-order chi connectivity index (χ0) is 14.6. The molecule has 0 saturated carbocycles. The van der Waals surface area contributed by atoms with E-state index in [9.17, 15) is 0 Å². The van der Waals surface area contributed by atoms with Crippen molar-refractivity contribution in [1.29, 1.82) is 0 Å². The third-order valence-corrected chi connectivity index (χ3v) is 3.14. The van der Waals surface area contributed by atoms with Crippen LogP contribution in [-0.2, 0) is 4.74 Å². The minimum Gasteiger partial charge on any atom is -0.492 e. The molecular weight excluding hydrogens is 250 g/mol. The average molecular weight is 279 g/mol. The summed E-state index contributed by atoms with van der Waals surface area (Å²) in [6, 6.07) is 8.27. The molecule has 0 aliphatic carbocycles. The lowest BCUT2D eigenvalue weighted by Crippen LogP contribution is -2.25. The van der Waals surface area contributed by atoms with E-state index in [1.165, 1.54) is 12.0 Å². The van der Waals surface area contributed by atoms with Crippen LogP contribution in [0.15, 0.2) is 24.3 Å². The molecule has 114 valence electrons. The zero-order valence-corrected chi connectivity index (χ0v) is 13.2. The third-order valence-electron chi connectivity index (χ3n) is 3.14. The molecule has 0 amide bonds. The molecular formula is C17H29NO2. The van der Waals surface area contributed by atoms with Gasteiger partial charge in [-0.25, -0.2) is 0 Å². The Labute approximate surface area is 123 Å². The molecule has 0 bridgehead atoms. The number of rotatable bonds is 11. The van der Waals surface area contributed by atoms with E-state index in [0.717, 1.165) is 38.5 Å². The Kier molecular flexibility index (Phi) is 9.09. The molecule has 0 aromatic heterocycles. The Morgan fingerprint density at radius 2 is 1.80 bits per heavy atom. The summed E-state index contributed by atoms with van der Waals surface area (Å²) in [5.74, 6) is 1.50. The Morgan fingerprint density at radius 1 is 1.05 bits per heavy atom. The van der Waals surface area contributed by atoms with Gasteiger partial charge < -0.3 is 14.8 Å². The fraction of sp³-hybridized carbons (Fsp3) is 0.647. The highest BCUT2D eigenvalue weighted by Crippen LogP contribution is 2.25. The molecule has 20 heavy (non-hydrogen) atoms. The number of para-hydroxylation sites is 1. The van der Waals surface area contributed by atoms with Crippen LogP contribution in [0.3, 0.4) is 0 Å². The molecule has 0 aliphatic heterocycles. The van der Waals surface area contributed by atoms with Gasteiger partial charge in [-0.15, -0.1) is 0 Å². The number of benzene rings is 1. The van der Waals surface area contributed by atoms with Crippen molar-refractivity contribution < 1.29 is 9.47 Å². The van der Waals surface area contributed by atoms with Gasteiger partial charge in [-0.2, -0.15) is 0 Å². The molecule has 1 N–H and O–H groups in total. The molecule has 0 fully saturated rings. The van der Waals surface area contributed by atoms with E-state index in [1.807, 2.05) is 12.1 Å². The number of hydrogen-bond acceptors (Lipinski definition) is 3. The maximum Gasteiger partial charge on any atom is 0.122 e. The summed E-state index contributed by atoms with van der Waals surface area (Å²) in [5.41, 5.74) is 1.27. The lowest BCUT2D eigenvalue weighted by molar-refractivity contribution is 0.132. The smallest absolute Gasteiger partial charge is 0.122 e. The molecule has 1 aromatic rings. The minimum atomic E-state index is 0.492. The minimum absolute atomic E-state index is 0.492. The standard InChI is InChI=1S/C17H29NO2/c1-4-5-12-19-13-10-18-11-14-20-17-9-7-6-8-16(17)15(2)3/h6-9,15,18H,4-5,10-14H2,1-3H3. The molecule has 1 rings (SSSR count). The first-order valence-electron chi connectivity index (χ1n) is 7.76. The van der Waals surface area contributed by atoms with E-state index in [1.54, 1.807) is 0 Å². The van der Waals surface area contributed by atoms with E-state index in [2.05, 4.69) is 38.2 Å². The normalized spacial score (nSPS) is 11.0. The second-order valence-electron chi connectivity index (χ2n) is 5.26. The summed E-state index contributed by atoms with van der Waals surface area (Å²) < 4.78 is 11.3. The highest BCUT2D eigenvalue weighted by Gasteiger charge is 2.05. The Balaban J connectivity index is 2.10. The van der Waals surface area contributed by atoms with Gasteiger partial charge in [0.1, 0.15) is 12.4 Å². The SMILES string of the molecule is CCCCOCCNCCOc1ccccc1C(C)C. The van der Waals surface area contributed by atoms with Gasteiger partial charge in [0.15, 0.2) is 0 Å². The van der Waals surface area contributed by atoms with Gasteiger partial charge in [0.05, 0.1) is 6.61 Å². The number of nitrogens with one attached hydrogen (secondary N) is 1. The van der Waals surface area contributed by atoms with Gasteiger partial charge in [-0.1, -0.05) is 45.4 Å². The third kappa shape index (κ3) is 6.92. The van der Waals surface area contributed by atoms with Crippen molar-refractivity contribution in [2.24, 2.45) is 0 Å². The van der Waals surface area contributed by atoms with Crippen LogP contribution in [0.5, 0.6) is 5.75 Å². The lowest BCUT2D eigenvalue weighted by Gasteiger charge is -2.14. The lowest BCUT2D eigenvalue weighted by atomic mass is 10.0. The van der Waals surface area contributed by atoms with Crippen molar-refractivity contribution in [2.75, 3.05) is 32.9 Å². The quantitative estimate of drug-likeness (QED) is 0.628. The molecule has 0 heterocycles. The van der Waals surface area contributed by atoms with E-state index in [4.69, 9.17) is 9.47 Å². The van der Waals surface area contributed by atoms with Gasteiger partial charge in [0, 0.05) is 19.7 Å². The summed E-state index contributed by atoms with van der Waals surface area (Å²) in [4.78, 5) is 0. The molecule has 0 spiro atoms. The predicted octanol–water partition coefficient (Wildman–Crippen LogP) is 3.60. The molecule has 0 radical (unpaired) electrons. The molecule has 3 nitrogen and oxygen atoms in total. The zero-order valence-electron chi connectivity index (χ0n) is 13.2. The fourth-order valence-corrected chi connectivity index (χ4v) is 1.94. The van der Waals surface area contributed by atoms with Crippen molar-refractivity contribution >= 4 is 0 Å². The summed E-state index contributed by atoms with van der Waals surface area (Å²) in [6.45, 7) is 10.6. The van der Waals surface area contributed by atoms with Gasteiger partial charge in [-0.3, -0.25) is 0 Å². The second kappa shape index (κ2) is 10.7. The van der Waals surface area contributed by atoms with Gasteiger partial charge in [0.2, 0.25) is 0 Å². The molecule has 0 saturated heterocycles. The van der Waals surface area contributed by atoms with Crippen LogP contribution in [0.25, 0.3) is 0 Å². The number of hydrogen-bond donors (Lipinski definition) is 1. The second-order valence-corrected chi connectivity index (χ2v) is 5.26. The van der Waals surface area contributed by atoms with Crippen LogP contribution in [0.2, 0.25) is 0 Å². The Morgan fingerprint density at radius 3 is 2.55 bits per heavy atom. The first-order chi connectivity index (χ1) is 9.75. The van der Waals surface area contributed by atoms with Crippen LogP contribution in [0, 0.1) is 0 Å². The molecule has 1 aromatic carbocycles. The largest absolute Gasteiger partial charge is 0.492 e. The van der Waals surface area contributed by atoms with Gasteiger partial charge in [-0.05, 0) is 24.0 Å². The number of ether oxygens (including phenoxy) is 2. The van der Waals surface area contributed by atoms with Crippen molar-refractivity contribution in [1.82, 2.24) is 5.32 Å². The maximum absolute atomic E-state index is 5.84. The van der Waals surface area contributed by atoms with Crippen LogP contribution in [0.1, 0.15) is 45.1 Å². The Bertz CT molecular complexity index is 353. The molecule has 3 heteroatoms. The molecule has 0 aliphatic rings. The van der Waals surface area contributed by atoms with Crippen LogP contribution < -0.4 is 10.1 Å². The summed E-state index contributed by atoms with van der Waals surface area (Å²) in [5, 5.41) is 3.33. The van der Waals surface area contributed by atoms with Crippen LogP contribution in [-0.4, -0.2) is 32.9 Å². The van der Waals surface area contributed by atoms with Crippen molar-refractivity contribution in [3.8, 4) is 5.75 Å². The highest BCUT2D eigenvalue weighted by atomic mass is 16.5. The molecule has 0 unspecified atom stereocenters. The Hall–Kier alpha value is -1.06. The summed E-state index contributed by atoms with van der Waals surface area (Å²) in [7, 11) is 0. The van der Waals surface area contributed by atoms with Crippen molar-refractivity contribution in [3.63, 3.8) is 0 Å². The monoisotopic (exact) mass is 279 g/mol. The highest BCUT2D eigenvalue weighted by molar-refractivity contribution is 5.35. The maximum atomic E-state index is 5.84. The van der Waals surface area contributed by atoms with E-state index >= 15 is 0 Å². The van der Waals surface area contributed by atoms with E-state index in [0.29, 0.717) is 12.5 Å². The van der Waals surface area contributed by atoms with Gasteiger partial charge in [0.25, 0.3) is 0 Å². The van der Waals surface area contributed by atoms with Crippen LogP contribution >= 0.6 is 0 Å². The first-order valence-corrected chi connectivity index (χ1v) is 7.76. The van der Waals surface area contributed by atoms with E-state index < -0.39 is 0 Å². The molecule has 0 atom stereocenters. The van der Waals surface area contributed by atoms with Crippen molar-refractivity contribution in [3.05, 3.63) is 29.8 Å². The topological polar surface area (TPSA) is 30.5 Å². The number of unbranched alkanes of at least 4 members (excludes halogenated alkanes) is 1. The average Bonchev–Trinajstić information content (AvgIpc) is 2.46. The van der Waals surface area contributed by atoms with E-state index in [-0.39, 0.29) is 0 Å². The van der Waals surface area contributed by atoms with Gasteiger partial charge >= 0.3 is 0 Å². The van der Waals surface area contributed by atoms with Crippen molar-refractivity contribution in [2.45, 2.75) is 39.5 Å². The fourth-order valence-electron chi connectivity index (χ4n) is 1.94. The summed E-state index contributed by atoms with van der Waals surface area (Å²) >= 11 is 0. The predicted molar refractivity (Wildman–Crippen MR) is 84.6 cm³/mol. The summed E-state index contributed by atoms with van der Waals surface area (Å²) in [6.07, 6.45) is 2.34. The van der Waals surface area contributed by atoms with Crippen LogP contribution in [0.4, 0.5) is 0 Å². The first kappa shape index (κ1) is 17.0.